The van der Waals surface area contributed by atoms with Gasteiger partial charge in [0.1, 0.15) is 12.2 Å². The third-order valence-corrected chi connectivity index (χ3v) is 3.55. The largest absolute Gasteiger partial charge is 0.494 e. The van der Waals surface area contributed by atoms with Crippen LogP contribution in [0.15, 0.2) is 6.07 Å². The standard InChI is InChI=1S/C14H18ClNO4/c1-8(2)16-5-6-20-13-10(16)7-9(15)12(18-3)11(13)14(17)19-4/h7-8H,5-6H2,1-4H3. The monoisotopic (exact) mass is 299 g/mol. The molecule has 0 radical (unpaired) electrons. The Labute approximate surface area is 123 Å². The zero-order chi connectivity index (χ0) is 14.9. The van der Waals surface area contributed by atoms with E-state index in [1.807, 2.05) is 0 Å². The number of fused-ring (bicyclic) bond motifs is 1. The summed E-state index contributed by atoms with van der Waals surface area (Å²) >= 11 is 6.22. The van der Waals surface area contributed by atoms with Crippen molar-refractivity contribution in [2.75, 3.05) is 32.3 Å². The van der Waals surface area contributed by atoms with Gasteiger partial charge in [0.05, 0.1) is 31.5 Å². The Morgan fingerprint density at radius 2 is 2.15 bits per heavy atom. The van der Waals surface area contributed by atoms with Crippen molar-refractivity contribution < 1.29 is 19.0 Å². The van der Waals surface area contributed by atoms with E-state index in [0.29, 0.717) is 17.4 Å². The first-order valence-corrected chi connectivity index (χ1v) is 6.77. The van der Waals surface area contributed by atoms with E-state index in [9.17, 15) is 4.79 Å². The Morgan fingerprint density at radius 3 is 2.70 bits per heavy atom. The summed E-state index contributed by atoms with van der Waals surface area (Å²) in [5.74, 6) is 0.229. The van der Waals surface area contributed by atoms with Crippen LogP contribution in [-0.4, -0.2) is 39.4 Å². The second-order valence-corrected chi connectivity index (χ2v) is 5.15. The molecular weight excluding hydrogens is 282 g/mol. The Balaban J connectivity index is 2.68. The summed E-state index contributed by atoms with van der Waals surface area (Å²) < 4.78 is 15.7. The Bertz CT molecular complexity index is 530. The van der Waals surface area contributed by atoms with Gasteiger partial charge in [-0.25, -0.2) is 4.79 Å². The average Bonchev–Trinajstić information content (AvgIpc) is 2.44. The second kappa shape index (κ2) is 5.79. The number of esters is 1. The van der Waals surface area contributed by atoms with Crippen molar-refractivity contribution >= 4 is 23.3 Å². The molecule has 2 rings (SSSR count). The van der Waals surface area contributed by atoms with Gasteiger partial charge in [0.25, 0.3) is 0 Å². The van der Waals surface area contributed by atoms with Crippen molar-refractivity contribution in [3.63, 3.8) is 0 Å². The molecule has 0 aliphatic carbocycles. The van der Waals surface area contributed by atoms with E-state index in [4.69, 9.17) is 25.8 Å². The van der Waals surface area contributed by atoms with Crippen LogP contribution >= 0.6 is 11.6 Å². The first-order chi connectivity index (χ1) is 9.51. The predicted octanol–water partition coefficient (Wildman–Crippen LogP) is 2.74. The third-order valence-electron chi connectivity index (χ3n) is 3.27. The Hall–Kier alpha value is -1.62. The fourth-order valence-electron chi connectivity index (χ4n) is 2.35. The summed E-state index contributed by atoms with van der Waals surface area (Å²) in [6.07, 6.45) is 0. The van der Waals surface area contributed by atoms with Gasteiger partial charge in [-0.05, 0) is 19.9 Å². The maximum Gasteiger partial charge on any atom is 0.345 e. The fourth-order valence-corrected chi connectivity index (χ4v) is 2.63. The highest BCUT2D eigenvalue weighted by Crippen LogP contribution is 2.45. The van der Waals surface area contributed by atoms with E-state index in [2.05, 4.69) is 18.7 Å². The van der Waals surface area contributed by atoms with Crippen LogP contribution in [0.5, 0.6) is 11.5 Å². The molecule has 0 N–H and O–H groups in total. The zero-order valence-electron chi connectivity index (χ0n) is 12.0. The van der Waals surface area contributed by atoms with Crippen LogP contribution in [0, 0.1) is 0 Å². The van der Waals surface area contributed by atoms with Gasteiger partial charge in [-0.1, -0.05) is 11.6 Å². The molecule has 0 saturated heterocycles. The molecule has 0 aromatic heterocycles. The first kappa shape index (κ1) is 14.8. The molecule has 0 atom stereocenters. The number of methoxy groups -OCH3 is 2. The molecule has 0 saturated carbocycles. The second-order valence-electron chi connectivity index (χ2n) is 4.74. The number of carbonyl (C=O) groups excluding carboxylic acids is 1. The molecular formula is C14H18ClNO4. The van der Waals surface area contributed by atoms with Gasteiger partial charge in [-0.15, -0.1) is 0 Å². The number of benzene rings is 1. The zero-order valence-corrected chi connectivity index (χ0v) is 12.8. The molecule has 20 heavy (non-hydrogen) atoms. The lowest BCUT2D eigenvalue weighted by molar-refractivity contribution is 0.0591. The molecule has 1 aliphatic rings. The van der Waals surface area contributed by atoms with E-state index in [1.54, 1.807) is 6.07 Å². The summed E-state index contributed by atoms with van der Waals surface area (Å²) in [5.41, 5.74) is 1.03. The number of halogens is 1. The first-order valence-electron chi connectivity index (χ1n) is 6.39. The molecule has 110 valence electrons. The van der Waals surface area contributed by atoms with Crippen molar-refractivity contribution in [2.24, 2.45) is 0 Å². The predicted molar refractivity (Wildman–Crippen MR) is 77.3 cm³/mol. The van der Waals surface area contributed by atoms with E-state index >= 15 is 0 Å². The summed E-state index contributed by atoms with van der Waals surface area (Å²) in [6, 6.07) is 2.04. The van der Waals surface area contributed by atoms with Gasteiger partial charge >= 0.3 is 5.97 Å². The lowest BCUT2D eigenvalue weighted by Gasteiger charge is -2.35. The highest BCUT2D eigenvalue weighted by atomic mass is 35.5. The normalized spacial score (nSPS) is 13.8. The van der Waals surface area contributed by atoms with Crippen LogP contribution in [0.4, 0.5) is 5.69 Å². The van der Waals surface area contributed by atoms with Crippen molar-refractivity contribution in [3.05, 3.63) is 16.7 Å². The van der Waals surface area contributed by atoms with Gasteiger partial charge in [0.2, 0.25) is 0 Å². The minimum absolute atomic E-state index is 0.239. The maximum absolute atomic E-state index is 12.0. The molecule has 0 fully saturated rings. The minimum Gasteiger partial charge on any atom is -0.494 e. The molecule has 0 spiro atoms. The van der Waals surface area contributed by atoms with Crippen LogP contribution in [0.1, 0.15) is 24.2 Å². The number of rotatable bonds is 3. The van der Waals surface area contributed by atoms with Gasteiger partial charge in [0.15, 0.2) is 11.5 Å². The molecule has 6 heteroatoms. The van der Waals surface area contributed by atoms with E-state index in [1.165, 1.54) is 14.2 Å². The number of anilines is 1. The van der Waals surface area contributed by atoms with Crippen molar-refractivity contribution in [1.82, 2.24) is 0 Å². The topological polar surface area (TPSA) is 48.0 Å². The van der Waals surface area contributed by atoms with Gasteiger partial charge in [0, 0.05) is 6.04 Å². The average molecular weight is 300 g/mol. The third kappa shape index (κ3) is 2.38. The van der Waals surface area contributed by atoms with Crippen LogP contribution in [-0.2, 0) is 4.74 Å². The summed E-state index contributed by atoms with van der Waals surface area (Å²) in [6.45, 7) is 5.39. The van der Waals surface area contributed by atoms with Crippen LogP contribution in [0.3, 0.4) is 0 Å². The summed E-state index contributed by atoms with van der Waals surface area (Å²) in [5, 5.41) is 0.364. The van der Waals surface area contributed by atoms with Crippen molar-refractivity contribution in [3.8, 4) is 11.5 Å². The van der Waals surface area contributed by atoms with Gasteiger partial charge in [-0.2, -0.15) is 0 Å². The van der Waals surface area contributed by atoms with Gasteiger partial charge in [-0.3, -0.25) is 0 Å². The summed E-state index contributed by atoms with van der Waals surface area (Å²) in [4.78, 5) is 14.2. The molecule has 0 amide bonds. The maximum atomic E-state index is 12.0. The number of ether oxygens (including phenoxy) is 3. The van der Waals surface area contributed by atoms with Gasteiger partial charge < -0.3 is 19.1 Å². The highest BCUT2D eigenvalue weighted by molar-refractivity contribution is 6.33. The molecule has 0 bridgehead atoms. The highest BCUT2D eigenvalue weighted by Gasteiger charge is 2.31. The van der Waals surface area contributed by atoms with Crippen LogP contribution in [0.25, 0.3) is 0 Å². The quantitative estimate of drug-likeness (QED) is 0.803. The smallest absolute Gasteiger partial charge is 0.345 e. The van der Waals surface area contributed by atoms with E-state index in [0.717, 1.165) is 12.2 Å². The Kier molecular flexibility index (Phi) is 4.28. The van der Waals surface area contributed by atoms with Crippen molar-refractivity contribution in [2.45, 2.75) is 19.9 Å². The molecule has 5 nitrogen and oxygen atoms in total. The molecule has 1 aromatic carbocycles. The van der Waals surface area contributed by atoms with Crippen molar-refractivity contribution in [1.29, 1.82) is 0 Å². The lowest BCUT2D eigenvalue weighted by atomic mass is 10.1. The number of hydrogen-bond donors (Lipinski definition) is 0. The number of nitrogens with zero attached hydrogens (tertiary/aromatic N) is 1. The van der Waals surface area contributed by atoms with E-state index in [-0.39, 0.29) is 17.4 Å². The van der Waals surface area contributed by atoms with Crippen LogP contribution < -0.4 is 14.4 Å². The molecule has 0 unspecified atom stereocenters. The fraction of sp³-hybridized carbons (Fsp3) is 0.500. The number of hydrogen-bond acceptors (Lipinski definition) is 5. The Morgan fingerprint density at radius 1 is 1.45 bits per heavy atom. The SMILES string of the molecule is COC(=O)c1c(OC)c(Cl)cc2c1OCCN2C(C)C. The van der Waals surface area contributed by atoms with Crippen LogP contribution in [0.2, 0.25) is 5.02 Å². The molecule has 1 heterocycles. The lowest BCUT2D eigenvalue weighted by Crippen LogP contribution is -2.38. The number of carbonyl (C=O) groups is 1. The van der Waals surface area contributed by atoms with E-state index < -0.39 is 5.97 Å². The summed E-state index contributed by atoms with van der Waals surface area (Å²) in [7, 11) is 2.78. The molecule has 1 aromatic rings. The minimum atomic E-state index is -0.522. The molecule has 1 aliphatic heterocycles.